The van der Waals surface area contributed by atoms with Gasteiger partial charge < -0.3 is 9.72 Å². The molecule has 114 valence electrons. The Labute approximate surface area is 136 Å². The number of fused-ring (bicyclic) bond motifs is 1. The second kappa shape index (κ2) is 6.14. The van der Waals surface area contributed by atoms with E-state index in [0.717, 1.165) is 31.3 Å². The maximum atomic E-state index is 12.2. The van der Waals surface area contributed by atoms with Crippen LogP contribution in [-0.2, 0) is 5.75 Å². The zero-order valence-electron chi connectivity index (χ0n) is 12.6. The normalized spacial score (nSPS) is 11.0. The van der Waals surface area contributed by atoms with Crippen molar-refractivity contribution in [3.05, 3.63) is 50.9 Å². The van der Waals surface area contributed by atoms with Crippen molar-refractivity contribution < 1.29 is 4.74 Å². The van der Waals surface area contributed by atoms with Crippen LogP contribution in [0.15, 0.2) is 34.0 Å². The third kappa shape index (κ3) is 2.89. The second-order valence-corrected chi connectivity index (χ2v) is 7.20. The van der Waals surface area contributed by atoms with E-state index in [1.165, 1.54) is 0 Å². The Morgan fingerprint density at radius 1 is 1.36 bits per heavy atom. The molecule has 0 saturated heterocycles. The van der Waals surface area contributed by atoms with Gasteiger partial charge in [-0.05, 0) is 37.6 Å². The van der Waals surface area contributed by atoms with Crippen LogP contribution < -0.4 is 10.3 Å². The number of aromatic nitrogens is 2. The largest absolute Gasteiger partial charge is 0.497 e. The zero-order chi connectivity index (χ0) is 15.7. The highest BCUT2D eigenvalue weighted by Crippen LogP contribution is 2.28. The lowest BCUT2D eigenvalue weighted by molar-refractivity contribution is 0.413. The van der Waals surface area contributed by atoms with Gasteiger partial charge in [0, 0.05) is 9.77 Å². The monoisotopic (exact) mass is 332 g/mol. The number of thioether (sulfide) groups is 1. The number of nitrogens with one attached hydrogen (secondary N) is 1. The molecule has 0 unspecified atom stereocenters. The minimum atomic E-state index is -0.0481. The summed E-state index contributed by atoms with van der Waals surface area (Å²) in [5.41, 5.74) is 0.980. The number of benzene rings is 1. The highest BCUT2D eigenvalue weighted by atomic mass is 32.2. The second-order valence-electron chi connectivity index (χ2n) is 4.94. The summed E-state index contributed by atoms with van der Waals surface area (Å²) in [5, 5.41) is 0.720. The molecule has 0 saturated carbocycles. The van der Waals surface area contributed by atoms with Crippen LogP contribution in [0.4, 0.5) is 0 Å². The topological polar surface area (TPSA) is 55.0 Å². The summed E-state index contributed by atoms with van der Waals surface area (Å²) in [6.07, 6.45) is 0. The predicted octanol–water partition coefficient (Wildman–Crippen LogP) is 3.90. The first-order valence-corrected chi connectivity index (χ1v) is 8.64. The number of H-pyrrole nitrogens is 1. The molecule has 0 bridgehead atoms. The van der Waals surface area contributed by atoms with E-state index in [1.807, 2.05) is 38.1 Å². The molecule has 22 heavy (non-hydrogen) atoms. The fraction of sp³-hybridized carbons (Fsp3) is 0.250. The molecule has 2 heterocycles. The van der Waals surface area contributed by atoms with Gasteiger partial charge in [0.1, 0.15) is 16.4 Å². The molecule has 0 aliphatic carbocycles. The summed E-state index contributed by atoms with van der Waals surface area (Å²) in [6, 6.07) is 7.85. The van der Waals surface area contributed by atoms with Crippen molar-refractivity contribution in [1.29, 1.82) is 0 Å². The molecule has 3 aromatic rings. The summed E-state index contributed by atoms with van der Waals surface area (Å²) in [7, 11) is 1.65. The van der Waals surface area contributed by atoms with E-state index in [1.54, 1.807) is 30.2 Å². The average molecular weight is 332 g/mol. The van der Waals surface area contributed by atoms with E-state index in [4.69, 9.17) is 4.74 Å². The number of methoxy groups -OCH3 is 1. The van der Waals surface area contributed by atoms with E-state index < -0.39 is 0 Å². The summed E-state index contributed by atoms with van der Waals surface area (Å²) in [6.45, 7) is 3.99. The lowest BCUT2D eigenvalue weighted by Crippen LogP contribution is -2.10. The van der Waals surface area contributed by atoms with Crippen molar-refractivity contribution in [3.8, 4) is 5.75 Å². The molecule has 1 N–H and O–H groups in total. The number of thiophene rings is 1. The molecular weight excluding hydrogens is 316 g/mol. The predicted molar refractivity (Wildman–Crippen MR) is 92.3 cm³/mol. The van der Waals surface area contributed by atoms with Crippen LogP contribution in [0.5, 0.6) is 5.75 Å². The van der Waals surface area contributed by atoms with Gasteiger partial charge in [0.2, 0.25) is 0 Å². The van der Waals surface area contributed by atoms with Crippen LogP contribution in [0.1, 0.15) is 16.3 Å². The SMILES string of the molecule is COc1cccc(SCc2nc3sc(C)c(C)c3c(=O)[nH]2)c1. The molecule has 0 radical (unpaired) electrons. The summed E-state index contributed by atoms with van der Waals surface area (Å²) < 4.78 is 5.21. The van der Waals surface area contributed by atoms with Crippen molar-refractivity contribution in [2.24, 2.45) is 0 Å². The standard InChI is InChI=1S/C16H16N2O2S2/c1-9-10(2)22-16-14(9)15(19)17-13(18-16)8-21-12-6-4-5-11(7-12)20-3/h4-7H,8H2,1-3H3,(H,17,18,19). The molecule has 0 fully saturated rings. The van der Waals surface area contributed by atoms with Crippen LogP contribution in [-0.4, -0.2) is 17.1 Å². The van der Waals surface area contributed by atoms with Crippen LogP contribution in [0.3, 0.4) is 0 Å². The Hall–Kier alpha value is -1.79. The maximum absolute atomic E-state index is 12.2. The van der Waals surface area contributed by atoms with E-state index in [9.17, 15) is 4.79 Å². The van der Waals surface area contributed by atoms with E-state index in [-0.39, 0.29) is 5.56 Å². The van der Waals surface area contributed by atoms with Gasteiger partial charge in [-0.15, -0.1) is 23.1 Å². The molecule has 0 amide bonds. The van der Waals surface area contributed by atoms with E-state index >= 15 is 0 Å². The van der Waals surface area contributed by atoms with Gasteiger partial charge in [-0.2, -0.15) is 0 Å². The quantitative estimate of drug-likeness (QED) is 0.736. The third-order valence-corrected chi connectivity index (χ3v) is 5.61. The number of aromatic amines is 1. The summed E-state index contributed by atoms with van der Waals surface area (Å²) in [4.78, 5) is 22.8. The summed E-state index contributed by atoms with van der Waals surface area (Å²) in [5.74, 6) is 2.15. The van der Waals surface area contributed by atoms with Crippen LogP contribution >= 0.6 is 23.1 Å². The van der Waals surface area contributed by atoms with Crippen molar-refractivity contribution in [2.75, 3.05) is 7.11 Å². The van der Waals surface area contributed by atoms with Gasteiger partial charge in [0.25, 0.3) is 5.56 Å². The molecule has 0 spiro atoms. The maximum Gasteiger partial charge on any atom is 0.259 e. The average Bonchev–Trinajstić information content (AvgIpc) is 2.80. The van der Waals surface area contributed by atoms with Crippen molar-refractivity contribution in [2.45, 2.75) is 24.5 Å². The highest BCUT2D eigenvalue weighted by molar-refractivity contribution is 7.98. The molecule has 0 atom stereocenters. The first kappa shape index (κ1) is 15.1. The van der Waals surface area contributed by atoms with Crippen molar-refractivity contribution in [1.82, 2.24) is 9.97 Å². The molecule has 3 rings (SSSR count). The Morgan fingerprint density at radius 3 is 2.95 bits per heavy atom. The number of hydrogen-bond acceptors (Lipinski definition) is 5. The third-order valence-electron chi connectivity index (χ3n) is 3.50. The molecule has 2 aromatic heterocycles. The lowest BCUT2D eigenvalue weighted by Gasteiger charge is -2.04. The van der Waals surface area contributed by atoms with Gasteiger partial charge in [0.05, 0.1) is 18.2 Å². The lowest BCUT2D eigenvalue weighted by atomic mass is 10.2. The van der Waals surface area contributed by atoms with Crippen LogP contribution in [0.2, 0.25) is 0 Å². The fourth-order valence-electron chi connectivity index (χ4n) is 2.21. The first-order valence-electron chi connectivity index (χ1n) is 6.84. The van der Waals surface area contributed by atoms with Crippen LogP contribution in [0, 0.1) is 13.8 Å². The Balaban J connectivity index is 1.86. The van der Waals surface area contributed by atoms with Gasteiger partial charge in [-0.25, -0.2) is 4.98 Å². The zero-order valence-corrected chi connectivity index (χ0v) is 14.2. The van der Waals surface area contributed by atoms with Gasteiger partial charge in [0.15, 0.2) is 0 Å². The number of rotatable bonds is 4. The molecule has 6 heteroatoms. The number of aryl methyl sites for hydroxylation is 2. The minimum Gasteiger partial charge on any atom is -0.497 e. The van der Waals surface area contributed by atoms with E-state index in [2.05, 4.69) is 9.97 Å². The smallest absolute Gasteiger partial charge is 0.259 e. The Kier molecular flexibility index (Phi) is 4.22. The van der Waals surface area contributed by atoms with E-state index in [0.29, 0.717) is 11.6 Å². The molecule has 0 aliphatic heterocycles. The van der Waals surface area contributed by atoms with Gasteiger partial charge >= 0.3 is 0 Å². The van der Waals surface area contributed by atoms with Gasteiger partial charge in [-0.1, -0.05) is 6.07 Å². The highest BCUT2D eigenvalue weighted by Gasteiger charge is 2.11. The molecule has 4 nitrogen and oxygen atoms in total. The number of hydrogen-bond donors (Lipinski definition) is 1. The van der Waals surface area contributed by atoms with Crippen LogP contribution in [0.25, 0.3) is 10.2 Å². The van der Waals surface area contributed by atoms with Gasteiger partial charge in [-0.3, -0.25) is 4.79 Å². The Bertz CT molecular complexity index is 883. The minimum absolute atomic E-state index is 0.0481. The first-order chi connectivity index (χ1) is 10.6. The van der Waals surface area contributed by atoms with Crippen molar-refractivity contribution in [3.63, 3.8) is 0 Å². The fourth-order valence-corrected chi connectivity index (χ4v) is 4.07. The molecule has 1 aromatic carbocycles. The molecule has 0 aliphatic rings. The molecular formula is C16H16N2O2S2. The number of nitrogens with zero attached hydrogens (tertiary/aromatic N) is 1. The number of ether oxygens (including phenoxy) is 1. The van der Waals surface area contributed by atoms with Crippen molar-refractivity contribution >= 4 is 33.3 Å². The summed E-state index contributed by atoms with van der Waals surface area (Å²) >= 11 is 3.20. The Morgan fingerprint density at radius 2 is 2.18 bits per heavy atom.